The summed E-state index contributed by atoms with van der Waals surface area (Å²) < 4.78 is 0. The average molecular weight is 340 g/mol. The minimum atomic E-state index is 0.415. The highest BCUT2D eigenvalue weighted by atomic mass is 16.3. The van der Waals surface area contributed by atoms with Gasteiger partial charge in [0.25, 0.3) is 0 Å². The Morgan fingerprint density at radius 1 is 0.720 bits per heavy atom. The molecular formula is C23H33NO. The van der Waals surface area contributed by atoms with Gasteiger partial charge in [-0.3, -0.25) is 0 Å². The largest absolute Gasteiger partial charge is 0.508 e. The molecule has 0 radical (unpaired) electrons. The third-order valence-electron chi connectivity index (χ3n) is 4.69. The first-order chi connectivity index (χ1) is 12.3. The molecule has 0 amide bonds. The Bertz CT molecular complexity index is 594. The Morgan fingerprint density at radius 3 is 2.04 bits per heavy atom. The van der Waals surface area contributed by atoms with E-state index in [4.69, 9.17) is 0 Å². The van der Waals surface area contributed by atoms with Crippen LogP contribution in [0.4, 0.5) is 11.4 Å². The molecule has 2 rings (SSSR count). The number of nitrogens with one attached hydrogen (secondary N) is 1. The fourth-order valence-corrected chi connectivity index (χ4v) is 3.18. The number of hydrogen-bond donors (Lipinski definition) is 2. The third kappa shape index (κ3) is 7.64. The van der Waals surface area contributed by atoms with E-state index in [-0.39, 0.29) is 0 Å². The van der Waals surface area contributed by atoms with Crippen LogP contribution >= 0.6 is 0 Å². The highest BCUT2D eigenvalue weighted by molar-refractivity contribution is 5.61. The van der Waals surface area contributed by atoms with Gasteiger partial charge in [0.15, 0.2) is 0 Å². The van der Waals surface area contributed by atoms with Gasteiger partial charge in [-0.2, -0.15) is 0 Å². The molecule has 0 aliphatic heterocycles. The van der Waals surface area contributed by atoms with E-state index in [2.05, 4.69) is 18.3 Å². The van der Waals surface area contributed by atoms with Gasteiger partial charge in [-0.1, -0.05) is 76.5 Å². The minimum absolute atomic E-state index is 0.415. The van der Waals surface area contributed by atoms with Crippen LogP contribution in [0.15, 0.2) is 48.5 Å². The van der Waals surface area contributed by atoms with Crippen molar-refractivity contribution in [1.29, 1.82) is 0 Å². The number of aryl methyl sites for hydroxylation is 1. The van der Waals surface area contributed by atoms with E-state index in [1.807, 2.05) is 36.4 Å². The predicted octanol–water partition coefficient (Wildman–Crippen LogP) is 7.21. The smallest absolute Gasteiger partial charge is 0.118 e. The second-order valence-electron chi connectivity index (χ2n) is 6.91. The molecular weight excluding hydrogens is 306 g/mol. The maximum atomic E-state index is 10.1. The molecule has 0 atom stereocenters. The van der Waals surface area contributed by atoms with Crippen molar-refractivity contribution in [3.63, 3.8) is 0 Å². The van der Waals surface area contributed by atoms with Gasteiger partial charge in [-0.15, -0.1) is 0 Å². The highest BCUT2D eigenvalue weighted by Crippen LogP contribution is 2.25. The Labute approximate surface area is 153 Å². The first-order valence-corrected chi connectivity index (χ1v) is 9.93. The lowest BCUT2D eigenvalue weighted by Gasteiger charge is -2.10. The molecule has 0 fully saturated rings. The third-order valence-corrected chi connectivity index (χ3v) is 4.69. The molecule has 2 nitrogen and oxygen atoms in total. The van der Waals surface area contributed by atoms with Gasteiger partial charge in [0.2, 0.25) is 0 Å². The quantitative estimate of drug-likeness (QED) is 0.316. The molecule has 0 saturated heterocycles. The monoisotopic (exact) mass is 339 g/mol. The SMILES string of the molecule is CCCCCCCCCCCc1cc(Nc2ccccc2)ccc1O. The van der Waals surface area contributed by atoms with Crippen molar-refractivity contribution < 1.29 is 5.11 Å². The number of phenols is 1. The molecule has 2 aromatic carbocycles. The molecule has 0 spiro atoms. The van der Waals surface area contributed by atoms with Gasteiger partial charge >= 0.3 is 0 Å². The molecule has 0 unspecified atom stereocenters. The van der Waals surface area contributed by atoms with Crippen LogP contribution < -0.4 is 5.32 Å². The van der Waals surface area contributed by atoms with Gasteiger partial charge in [0, 0.05) is 11.4 Å². The van der Waals surface area contributed by atoms with E-state index < -0.39 is 0 Å². The number of anilines is 2. The Morgan fingerprint density at radius 2 is 1.36 bits per heavy atom. The molecule has 136 valence electrons. The number of para-hydroxylation sites is 1. The van der Waals surface area contributed by atoms with Crippen molar-refractivity contribution in [2.75, 3.05) is 5.32 Å². The Balaban J connectivity index is 1.70. The van der Waals surface area contributed by atoms with E-state index in [0.717, 1.165) is 29.8 Å². The maximum absolute atomic E-state index is 10.1. The average Bonchev–Trinajstić information content (AvgIpc) is 2.63. The van der Waals surface area contributed by atoms with Crippen LogP contribution in [0, 0.1) is 0 Å². The number of rotatable bonds is 12. The Hall–Kier alpha value is -1.96. The van der Waals surface area contributed by atoms with Crippen molar-refractivity contribution in [3.05, 3.63) is 54.1 Å². The van der Waals surface area contributed by atoms with Crippen LogP contribution in [-0.4, -0.2) is 5.11 Å². The lowest BCUT2D eigenvalue weighted by Crippen LogP contribution is -1.93. The van der Waals surface area contributed by atoms with E-state index in [0.29, 0.717) is 5.75 Å². The lowest BCUT2D eigenvalue weighted by molar-refractivity contribution is 0.466. The summed E-state index contributed by atoms with van der Waals surface area (Å²) in [5, 5.41) is 13.5. The maximum Gasteiger partial charge on any atom is 0.118 e. The topological polar surface area (TPSA) is 32.3 Å². The summed E-state index contributed by atoms with van der Waals surface area (Å²) in [6, 6.07) is 16.0. The summed E-state index contributed by atoms with van der Waals surface area (Å²) in [6.07, 6.45) is 12.9. The highest BCUT2D eigenvalue weighted by Gasteiger charge is 2.04. The number of hydrogen-bond acceptors (Lipinski definition) is 2. The summed E-state index contributed by atoms with van der Waals surface area (Å²) in [6.45, 7) is 2.26. The van der Waals surface area contributed by atoms with Crippen LogP contribution in [0.3, 0.4) is 0 Å². The summed E-state index contributed by atoms with van der Waals surface area (Å²) in [5.74, 6) is 0.415. The number of aromatic hydroxyl groups is 1. The van der Waals surface area contributed by atoms with Gasteiger partial charge in [0.1, 0.15) is 5.75 Å². The van der Waals surface area contributed by atoms with Gasteiger partial charge in [-0.25, -0.2) is 0 Å². The van der Waals surface area contributed by atoms with Crippen LogP contribution in [0.5, 0.6) is 5.75 Å². The van der Waals surface area contributed by atoms with Crippen molar-refractivity contribution in [3.8, 4) is 5.75 Å². The summed E-state index contributed by atoms with van der Waals surface area (Å²) in [7, 11) is 0. The zero-order valence-electron chi connectivity index (χ0n) is 15.6. The molecule has 2 heteroatoms. The molecule has 0 bridgehead atoms. The van der Waals surface area contributed by atoms with E-state index >= 15 is 0 Å². The molecule has 0 aromatic heterocycles. The number of unbranched alkanes of at least 4 members (excludes halogenated alkanes) is 8. The second-order valence-corrected chi connectivity index (χ2v) is 6.91. The van der Waals surface area contributed by atoms with Crippen LogP contribution in [-0.2, 0) is 6.42 Å². The summed E-state index contributed by atoms with van der Waals surface area (Å²) in [5.41, 5.74) is 3.15. The van der Waals surface area contributed by atoms with Gasteiger partial charge in [0.05, 0.1) is 0 Å². The van der Waals surface area contributed by atoms with E-state index in [9.17, 15) is 5.11 Å². The van der Waals surface area contributed by atoms with Crippen LogP contribution in [0.1, 0.15) is 70.3 Å². The minimum Gasteiger partial charge on any atom is -0.508 e. The fraction of sp³-hybridized carbons (Fsp3) is 0.478. The number of phenolic OH excluding ortho intramolecular Hbond substituents is 1. The van der Waals surface area contributed by atoms with Gasteiger partial charge < -0.3 is 10.4 Å². The standard InChI is InChI=1S/C23H33NO/c1-2-3-4-5-6-7-8-9-11-14-20-19-22(17-18-23(20)25)24-21-15-12-10-13-16-21/h10,12-13,15-19,24-25H,2-9,11,14H2,1H3. The fourth-order valence-electron chi connectivity index (χ4n) is 3.18. The first-order valence-electron chi connectivity index (χ1n) is 9.93. The molecule has 2 N–H and O–H groups in total. The van der Waals surface area contributed by atoms with Crippen molar-refractivity contribution >= 4 is 11.4 Å². The molecule has 2 aromatic rings. The van der Waals surface area contributed by atoms with E-state index in [1.165, 1.54) is 51.4 Å². The van der Waals surface area contributed by atoms with Crippen LogP contribution in [0.2, 0.25) is 0 Å². The van der Waals surface area contributed by atoms with Crippen LogP contribution in [0.25, 0.3) is 0 Å². The Kier molecular flexibility index (Phi) is 8.96. The summed E-state index contributed by atoms with van der Waals surface area (Å²) in [4.78, 5) is 0. The van der Waals surface area contributed by atoms with Crippen molar-refractivity contribution in [2.45, 2.75) is 71.1 Å². The van der Waals surface area contributed by atoms with E-state index in [1.54, 1.807) is 6.07 Å². The van der Waals surface area contributed by atoms with Crippen molar-refractivity contribution in [2.24, 2.45) is 0 Å². The molecule has 0 saturated carbocycles. The molecule has 25 heavy (non-hydrogen) atoms. The molecule has 0 aliphatic rings. The van der Waals surface area contributed by atoms with Crippen molar-refractivity contribution in [1.82, 2.24) is 0 Å². The number of benzene rings is 2. The second kappa shape index (κ2) is 11.6. The summed E-state index contributed by atoms with van der Waals surface area (Å²) >= 11 is 0. The first kappa shape index (κ1) is 19.4. The predicted molar refractivity (Wildman–Crippen MR) is 109 cm³/mol. The zero-order valence-corrected chi connectivity index (χ0v) is 15.6. The normalized spacial score (nSPS) is 10.8. The lowest BCUT2D eigenvalue weighted by atomic mass is 10.0. The molecule has 0 aliphatic carbocycles. The zero-order chi connectivity index (χ0) is 17.7. The molecule has 0 heterocycles. The van der Waals surface area contributed by atoms with Gasteiger partial charge in [-0.05, 0) is 48.7 Å².